The third kappa shape index (κ3) is 2.17. The van der Waals surface area contributed by atoms with Gasteiger partial charge in [0.2, 0.25) is 0 Å². The smallest absolute Gasteiger partial charge is 0.266 e. The van der Waals surface area contributed by atoms with Gasteiger partial charge in [-0.3, -0.25) is 4.79 Å². The van der Waals surface area contributed by atoms with E-state index in [1.807, 2.05) is 16.7 Å². The molecule has 3 heterocycles. The summed E-state index contributed by atoms with van der Waals surface area (Å²) in [5.41, 5.74) is 6.61. The molecule has 1 atom stereocenters. The predicted octanol–water partition coefficient (Wildman–Crippen LogP) is 1.85. The fraction of sp³-hybridized carbons (Fsp3) is 0.417. The van der Waals surface area contributed by atoms with E-state index in [-0.39, 0.29) is 11.9 Å². The summed E-state index contributed by atoms with van der Waals surface area (Å²) in [5, 5.41) is 8.68. The van der Waals surface area contributed by atoms with Gasteiger partial charge in [0.25, 0.3) is 5.91 Å². The molecule has 19 heavy (non-hydrogen) atoms. The number of anilines is 1. The minimum Gasteiger partial charge on any atom is -0.397 e. The van der Waals surface area contributed by atoms with Gasteiger partial charge in [0.1, 0.15) is 9.71 Å². The van der Waals surface area contributed by atoms with Gasteiger partial charge in [-0.1, -0.05) is 0 Å². The van der Waals surface area contributed by atoms with E-state index < -0.39 is 0 Å². The molecule has 2 aromatic heterocycles. The lowest BCUT2D eigenvalue weighted by atomic mass is 10.2. The Morgan fingerprint density at radius 1 is 1.58 bits per heavy atom. The largest absolute Gasteiger partial charge is 0.397 e. The molecule has 0 radical (unpaired) electrons. The highest BCUT2D eigenvalue weighted by Crippen LogP contribution is 2.33. The number of carbonyl (C=O) groups excluding carboxylic acids is 1. The van der Waals surface area contributed by atoms with E-state index in [2.05, 4.69) is 17.1 Å². The van der Waals surface area contributed by atoms with E-state index in [1.54, 1.807) is 12.3 Å². The third-order valence-electron chi connectivity index (χ3n) is 3.24. The first-order valence-electron chi connectivity index (χ1n) is 6.07. The molecule has 1 saturated heterocycles. The number of nitrogen functional groups attached to an aromatic ring is 1. The van der Waals surface area contributed by atoms with Gasteiger partial charge >= 0.3 is 0 Å². The second-order valence-electron chi connectivity index (χ2n) is 4.52. The zero-order valence-electron chi connectivity index (χ0n) is 10.5. The minimum absolute atomic E-state index is 0.0216. The van der Waals surface area contributed by atoms with Crippen LogP contribution in [-0.4, -0.2) is 45.1 Å². The molecule has 2 N–H and O–H groups in total. The van der Waals surface area contributed by atoms with Crippen molar-refractivity contribution in [2.45, 2.75) is 13.0 Å². The predicted molar refractivity (Wildman–Crippen MR) is 79.7 cm³/mol. The Balaban J connectivity index is 1.99. The molecular weight excluding hydrogens is 280 g/mol. The number of amides is 1. The molecule has 0 aromatic carbocycles. The summed E-state index contributed by atoms with van der Waals surface area (Å²) >= 11 is 3.22. The normalized spacial score (nSPS) is 19.8. The Kier molecular flexibility index (Phi) is 3.32. The van der Waals surface area contributed by atoms with Crippen LogP contribution in [0, 0.1) is 0 Å². The number of hydrogen-bond donors (Lipinski definition) is 1. The molecule has 1 fully saturated rings. The molecule has 5 nitrogen and oxygen atoms in total. The van der Waals surface area contributed by atoms with Crippen molar-refractivity contribution in [1.82, 2.24) is 15.1 Å². The van der Waals surface area contributed by atoms with E-state index in [1.165, 1.54) is 11.3 Å². The number of nitrogens with two attached hydrogens (primary N) is 1. The summed E-state index contributed by atoms with van der Waals surface area (Å²) in [6.07, 6.45) is 1.60. The van der Waals surface area contributed by atoms with Crippen molar-refractivity contribution in [1.29, 1.82) is 0 Å². The number of thioether (sulfide) groups is 1. The molecule has 0 aliphatic carbocycles. The Morgan fingerprint density at radius 2 is 2.42 bits per heavy atom. The van der Waals surface area contributed by atoms with Crippen LogP contribution in [0.15, 0.2) is 12.3 Å². The van der Waals surface area contributed by atoms with Crippen molar-refractivity contribution in [2.75, 3.05) is 23.8 Å². The monoisotopic (exact) mass is 294 g/mol. The van der Waals surface area contributed by atoms with Crippen molar-refractivity contribution in [3.05, 3.63) is 17.1 Å². The lowest BCUT2D eigenvalue weighted by molar-refractivity contribution is 0.0722. The summed E-state index contributed by atoms with van der Waals surface area (Å²) in [6.45, 7) is 2.86. The molecule has 1 aliphatic rings. The first-order chi connectivity index (χ1) is 9.18. The van der Waals surface area contributed by atoms with Gasteiger partial charge in [-0.15, -0.1) is 16.4 Å². The zero-order valence-corrected chi connectivity index (χ0v) is 12.1. The lowest BCUT2D eigenvalue weighted by Gasteiger charge is -2.32. The van der Waals surface area contributed by atoms with Crippen molar-refractivity contribution < 1.29 is 4.79 Å². The highest BCUT2D eigenvalue weighted by atomic mass is 32.2. The van der Waals surface area contributed by atoms with E-state index in [0.29, 0.717) is 10.6 Å². The standard InChI is InChI=1S/C12H14N4OS2/c1-7-6-18-5-4-16(7)12(17)10-9(13)8-2-3-14-15-11(8)19-10/h2-3,7H,4-6,13H2,1H3. The Labute approximate surface area is 119 Å². The van der Waals surface area contributed by atoms with E-state index >= 15 is 0 Å². The molecule has 1 unspecified atom stereocenters. The Bertz CT molecular complexity index is 627. The van der Waals surface area contributed by atoms with Gasteiger partial charge < -0.3 is 10.6 Å². The molecule has 7 heteroatoms. The van der Waals surface area contributed by atoms with Crippen molar-refractivity contribution in [3.63, 3.8) is 0 Å². The minimum atomic E-state index is 0.0216. The van der Waals surface area contributed by atoms with Crippen LogP contribution in [0.5, 0.6) is 0 Å². The van der Waals surface area contributed by atoms with Crippen LogP contribution in [0.1, 0.15) is 16.6 Å². The topological polar surface area (TPSA) is 72.1 Å². The van der Waals surface area contributed by atoms with Gasteiger partial charge in [0, 0.05) is 29.5 Å². The SMILES string of the molecule is CC1CSCCN1C(=O)c1sc2nnccc2c1N. The molecule has 2 aromatic rings. The van der Waals surface area contributed by atoms with Gasteiger partial charge in [-0.2, -0.15) is 16.9 Å². The van der Waals surface area contributed by atoms with Crippen LogP contribution in [0.25, 0.3) is 10.2 Å². The molecular formula is C12H14N4OS2. The second-order valence-corrected chi connectivity index (χ2v) is 6.67. The fourth-order valence-corrected chi connectivity index (χ4v) is 4.20. The number of fused-ring (bicyclic) bond motifs is 1. The number of thiophene rings is 1. The van der Waals surface area contributed by atoms with Gasteiger partial charge in [-0.25, -0.2) is 0 Å². The lowest BCUT2D eigenvalue weighted by Crippen LogP contribution is -2.44. The molecule has 1 aliphatic heterocycles. The highest BCUT2D eigenvalue weighted by molar-refractivity contribution is 7.99. The maximum atomic E-state index is 12.6. The van der Waals surface area contributed by atoms with Gasteiger partial charge in [-0.05, 0) is 13.0 Å². The number of aromatic nitrogens is 2. The van der Waals surface area contributed by atoms with Crippen molar-refractivity contribution in [2.24, 2.45) is 0 Å². The maximum Gasteiger partial charge on any atom is 0.266 e. The third-order valence-corrected chi connectivity index (χ3v) is 5.53. The van der Waals surface area contributed by atoms with Gasteiger partial charge in [0.15, 0.2) is 0 Å². The van der Waals surface area contributed by atoms with Crippen LogP contribution in [0.3, 0.4) is 0 Å². The van der Waals surface area contributed by atoms with E-state index in [9.17, 15) is 4.79 Å². The van der Waals surface area contributed by atoms with Crippen LogP contribution in [0.4, 0.5) is 5.69 Å². The quantitative estimate of drug-likeness (QED) is 0.869. The average Bonchev–Trinajstić information content (AvgIpc) is 2.77. The van der Waals surface area contributed by atoms with Crippen LogP contribution >= 0.6 is 23.1 Å². The molecule has 1 amide bonds. The van der Waals surface area contributed by atoms with E-state index in [0.717, 1.165) is 28.3 Å². The molecule has 0 bridgehead atoms. The first kappa shape index (κ1) is 12.7. The number of hydrogen-bond acceptors (Lipinski definition) is 6. The Hall–Kier alpha value is -1.34. The summed E-state index contributed by atoms with van der Waals surface area (Å²) in [4.78, 5) is 15.8. The molecule has 0 spiro atoms. The van der Waals surface area contributed by atoms with Gasteiger partial charge in [0.05, 0.1) is 11.9 Å². The maximum absolute atomic E-state index is 12.6. The zero-order chi connectivity index (χ0) is 13.4. The van der Waals surface area contributed by atoms with Crippen LogP contribution in [-0.2, 0) is 0 Å². The summed E-state index contributed by atoms with van der Waals surface area (Å²) in [5.74, 6) is 1.99. The molecule has 3 rings (SSSR count). The average molecular weight is 294 g/mol. The number of carbonyl (C=O) groups is 1. The Morgan fingerprint density at radius 3 is 3.16 bits per heavy atom. The fourth-order valence-electron chi connectivity index (χ4n) is 2.19. The molecule has 0 saturated carbocycles. The second kappa shape index (κ2) is 4.97. The van der Waals surface area contributed by atoms with Crippen molar-refractivity contribution >= 4 is 44.9 Å². The van der Waals surface area contributed by atoms with Crippen LogP contribution in [0.2, 0.25) is 0 Å². The summed E-state index contributed by atoms with van der Waals surface area (Å²) in [7, 11) is 0. The van der Waals surface area contributed by atoms with E-state index in [4.69, 9.17) is 5.73 Å². The molecule has 100 valence electrons. The highest BCUT2D eigenvalue weighted by Gasteiger charge is 2.28. The van der Waals surface area contributed by atoms with Crippen molar-refractivity contribution in [3.8, 4) is 0 Å². The number of rotatable bonds is 1. The summed E-state index contributed by atoms with van der Waals surface area (Å²) in [6, 6.07) is 2.06. The summed E-state index contributed by atoms with van der Waals surface area (Å²) < 4.78 is 0. The number of nitrogens with zero attached hydrogens (tertiary/aromatic N) is 3. The first-order valence-corrected chi connectivity index (χ1v) is 8.04. The van der Waals surface area contributed by atoms with Crippen LogP contribution < -0.4 is 5.73 Å².